The van der Waals surface area contributed by atoms with Crippen LogP contribution >= 0.6 is 34.4 Å². The van der Waals surface area contributed by atoms with E-state index in [2.05, 4.69) is 32.9 Å². The van der Waals surface area contributed by atoms with E-state index < -0.39 is 0 Å². The van der Waals surface area contributed by atoms with Gasteiger partial charge in [-0.05, 0) is 52.9 Å². The molecule has 134 valence electrons. The molecule has 1 amide bonds. The Morgan fingerprint density at radius 2 is 2.08 bits per heavy atom. The van der Waals surface area contributed by atoms with E-state index >= 15 is 0 Å². The minimum Gasteiger partial charge on any atom is -0.495 e. The van der Waals surface area contributed by atoms with Crippen LogP contribution in [0.3, 0.4) is 0 Å². The third kappa shape index (κ3) is 4.01. The fourth-order valence-corrected chi connectivity index (χ4v) is 3.68. The molecule has 0 saturated heterocycles. The standard InChI is InChI=1S/C18H16IN3O3S/c1-22-17(24)12-9-11(19)7-8-13(12)21-18(22)26-10-16(23)20-14-5-3-4-6-15(14)25-2/h3-9H,10H2,1-2H3,(H,20,23). The summed E-state index contributed by atoms with van der Waals surface area (Å²) in [5, 5.41) is 3.88. The molecule has 8 heteroatoms. The first kappa shape index (κ1) is 18.7. The Kier molecular flexibility index (Phi) is 5.82. The van der Waals surface area contributed by atoms with Crippen molar-refractivity contribution in [1.29, 1.82) is 0 Å². The molecule has 3 rings (SSSR count). The zero-order chi connectivity index (χ0) is 18.7. The van der Waals surface area contributed by atoms with Gasteiger partial charge in [-0.15, -0.1) is 0 Å². The van der Waals surface area contributed by atoms with Crippen LogP contribution in [0.25, 0.3) is 10.9 Å². The van der Waals surface area contributed by atoms with Gasteiger partial charge in [-0.2, -0.15) is 0 Å². The first-order chi connectivity index (χ1) is 12.5. The third-order valence-electron chi connectivity index (χ3n) is 3.71. The number of para-hydroxylation sites is 2. The highest BCUT2D eigenvalue weighted by molar-refractivity contribution is 14.1. The number of nitrogens with zero attached hydrogens (tertiary/aromatic N) is 2. The quantitative estimate of drug-likeness (QED) is 0.344. The van der Waals surface area contributed by atoms with Gasteiger partial charge in [-0.1, -0.05) is 23.9 Å². The van der Waals surface area contributed by atoms with Crippen molar-refractivity contribution in [3.8, 4) is 5.75 Å². The highest BCUT2D eigenvalue weighted by Gasteiger charge is 2.12. The third-order valence-corrected chi connectivity index (χ3v) is 5.41. The van der Waals surface area contributed by atoms with Gasteiger partial charge in [-0.25, -0.2) is 4.98 Å². The van der Waals surface area contributed by atoms with Crippen LogP contribution < -0.4 is 15.6 Å². The molecule has 1 N–H and O–H groups in total. The van der Waals surface area contributed by atoms with Crippen molar-refractivity contribution < 1.29 is 9.53 Å². The number of carbonyl (C=O) groups excluding carboxylic acids is 1. The number of benzene rings is 2. The summed E-state index contributed by atoms with van der Waals surface area (Å²) in [6, 6.07) is 12.7. The van der Waals surface area contributed by atoms with Crippen LogP contribution in [-0.4, -0.2) is 28.3 Å². The van der Waals surface area contributed by atoms with Crippen molar-refractivity contribution in [2.75, 3.05) is 18.2 Å². The van der Waals surface area contributed by atoms with Gasteiger partial charge < -0.3 is 10.1 Å². The minimum atomic E-state index is -0.198. The van der Waals surface area contributed by atoms with Gasteiger partial charge in [-0.3, -0.25) is 14.2 Å². The lowest BCUT2D eigenvalue weighted by molar-refractivity contribution is -0.113. The van der Waals surface area contributed by atoms with Gasteiger partial charge in [0, 0.05) is 10.6 Å². The first-order valence-corrected chi connectivity index (χ1v) is 9.78. The van der Waals surface area contributed by atoms with E-state index in [-0.39, 0.29) is 17.2 Å². The van der Waals surface area contributed by atoms with Crippen molar-refractivity contribution in [3.05, 3.63) is 56.4 Å². The SMILES string of the molecule is COc1ccccc1NC(=O)CSc1nc2ccc(I)cc2c(=O)n1C. The molecule has 0 unspecified atom stereocenters. The summed E-state index contributed by atoms with van der Waals surface area (Å²) in [6.07, 6.45) is 0. The number of carbonyl (C=O) groups is 1. The summed E-state index contributed by atoms with van der Waals surface area (Å²) >= 11 is 3.38. The van der Waals surface area contributed by atoms with Crippen LogP contribution in [0.2, 0.25) is 0 Å². The van der Waals surface area contributed by atoms with Crippen LogP contribution in [-0.2, 0) is 11.8 Å². The molecule has 0 atom stereocenters. The molecule has 2 aromatic carbocycles. The average Bonchev–Trinajstić information content (AvgIpc) is 2.64. The molecule has 0 spiro atoms. The summed E-state index contributed by atoms with van der Waals surface area (Å²) in [5.74, 6) is 0.530. The Balaban J connectivity index is 1.77. The van der Waals surface area contributed by atoms with Crippen LogP contribution in [0.4, 0.5) is 5.69 Å². The molecule has 1 aromatic heterocycles. The predicted octanol–water partition coefficient (Wildman–Crippen LogP) is 3.28. The number of nitrogens with one attached hydrogen (secondary N) is 1. The van der Waals surface area contributed by atoms with Gasteiger partial charge in [0.05, 0.1) is 29.5 Å². The Morgan fingerprint density at radius 1 is 1.31 bits per heavy atom. The van der Waals surface area contributed by atoms with E-state index in [0.29, 0.717) is 27.5 Å². The Bertz CT molecular complexity index is 1040. The van der Waals surface area contributed by atoms with Crippen LogP contribution in [0.15, 0.2) is 52.4 Å². The van der Waals surface area contributed by atoms with Gasteiger partial charge in [0.15, 0.2) is 5.16 Å². The van der Waals surface area contributed by atoms with Gasteiger partial charge in [0.1, 0.15) is 5.75 Å². The maximum atomic E-state index is 12.5. The average molecular weight is 481 g/mol. The van der Waals surface area contributed by atoms with E-state index in [4.69, 9.17) is 4.74 Å². The van der Waals surface area contributed by atoms with E-state index in [9.17, 15) is 9.59 Å². The number of rotatable bonds is 5. The van der Waals surface area contributed by atoms with Gasteiger partial charge >= 0.3 is 0 Å². The minimum absolute atomic E-state index is 0.124. The number of amides is 1. The number of aromatic nitrogens is 2. The highest BCUT2D eigenvalue weighted by Crippen LogP contribution is 2.24. The summed E-state index contributed by atoms with van der Waals surface area (Å²) in [7, 11) is 3.21. The molecule has 1 heterocycles. The Morgan fingerprint density at radius 3 is 2.85 bits per heavy atom. The molecule has 0 aliphatic rings. The lowest BCUT2D eigenvalue weighted by Crippen LogP contribution is -2.21. The molecule has 0 saturated carbocycles. The second kappa shape index (κ2) is 8.09. The van der Waals surface area contributed by atoms with Crippen molar-refractivity contribution in [2.45, 2.75) is 5.16 Å². The molecule has 0 aliphatic carbocycles. The number of ether oxygens (including phenoxy) is 1. The topological polar surface area (TPSA) is 73.2 Å². The van der Waals surface area contributed by atoms with Crippen molar-refractivity contribution in [3.63, 3.8) is 0 Å². The molecular formula is C18H16IN3O3S. The van der Waals surface area contributed by atoms with E-state index in [1.54, 1.807) is 26.3 Å². The fraction of sp³-hybridized carbons (Fsp3) is 0.167. The van der Waals surface area contributed by atoms with Crippen molar-refractivity contribution >= 4 is 56.9 Å². The van der Waals surface area contributed by atoms with Crippen LogP contribution in [0, 0.1) is 3.57 Å². The molecule has 26 heavy (non-hydrogen) atoms. The summed E-state index contributed by atoms with van der Waals surface area (Å²) < 4.78 is 7.67. The lowest BCUT2D eigenvalue weighted by atomic mass is 10.2. The fourth-order valence-electron chi connectivity index (χ4n) is 2.42. The highest BCUT2D eigenvalue weighted by atomic mass is 127. The van der Waals surface area contributed by atoms with Crippen LogP contribution in [0.5, 0.6) is 5.75 Å². The van der Waals surface area contributed by atoms with Crippen molar-refractivity contribution in [2.24, 2.45) is 7.05 Å². The maximum absolute atomic E-state index is 12.5. The maximum Gasteiger partial charge on any atom is 0.261 e. The second-order valence-electron chi connectivity index (χ2n) is 5.46. The van der Waals surface area contributed by atoms with Crippen LogP contribution in [0.1, 0.15) is 0 Å². The smallest absolute Gasteiger partial charge is 0.261 e. The molecule has 0 aliphatic heterocycles. The zero-order valence-corrected chi connectivity index (χ0v) is 17.1. The first-order valence-electron chi connectivity index (χ1n) is 7.71. The molecule has 0 bridgehead atoms. The van der Waals surface area contributed by atoms with Gasteiger partial charge in [0.2, 0.25) is 5.91 Å². The molecular weight excluding hydrogens is 465 g/mol. The van der Waals surface area contributed by atoms with E-state index in [1.807, 2.05) is 30.3 Å². The van der Waals surface area contributed by atoms with Gasteiger partial charge in [0.25, 0.3) is 5.56 Å². The number of halogens is 1. The number of methoxy groups -OCH3 is 1. The number of thioether (sulfide) groups is 1. The molecule has 0 radical (unpaired) electrons. The zero-order valence-electron chi connectivity index (χ0n) is 14.2. The summed E-state index contributed by atoms with van der Waals surface area (Å²) in [5.41, 5.74) is 1.11. The normalized spacial score (nSPS) is 10.7. The predicted molar refractivity (Wildman–Crippen MR) is 112 cm³/mol. The number of anilines is 1. The lowest BCUT2D eigenvalue weighted by Gasteiger charge is -2.11. The molecule has 3 aromatic rings. The summed E-state index contributed by atoms with van der Waals surface area (Å²) in [4.78, 5) is 29.3. The van der Waals surface area contributed by atoms with Crippen molar-refractivity contribution in [1.82, 2.24) is 9.55 Å². The Hall–Kier alpha value is -2.07. The van der Waals surface area contributed by atoms with E-state index in [0.717, 1.165) is 3.57 Å². The number of fused-ring (bicyclic) bond motifs is 1. The van der Waals surface area contributed by atoms with E-state index in [1.165, 1.54) is 16.3 Å². The Labute approximate surface area is 168 Å². The molecule has 6 nitrogen and oxygen atoms in total. The largest absolute Gasteiger partial charge is 0.495 e. The number of hydrogen-bond donors (Lipinski definition) is 1. The second-order valence-corrected chi connectivity index (χ2v) is 7.65. The summed E-state index contributed by atoms with van der Waals surface area (Å²) in [6.45, 7) is 0. The number of hydrogen-bond acceptors (Lipinski definition) is 5. The molecule has 0 fully saturated rings. The monoisotopic (exact) mass is 481 g/mol.